The molecule has 0 saturated carbocycles. The highest BCUT2D eigenvalue weighted by atomic mass is 16.3. The molecule has 4 nitrogen and oxygen atoms in total. The molecule has 1 aromatic rings. The lowest BCUT2D eigenvalue weighted by atomic mass is 10.2. The van der Waals surface area contributed by atoms with Crippen molar-refractivity contribution in [2.75, 3.05) is 6.54 Å². The predicted molar refractivity (Wildman–Crippen MR) is 51.7 cm³/mol. The number of hydrogen-bond acceptors (Lipinski definition) is 3. The van der Waals surface area contributed by atoms with Crippen molar-refractivity contribution in [1.29, 1.82) is 0 Å². The normalized spacial score (nSPS) is 12.5. The predicted octanol–water partition coefficient (Wildman–Crippen LogP) is -0.504. The zero-order valence-electron chi connectivity index (χ0n) is 8.18. The molecule has 0 aliphatic heterocycles. The van der Waals surface area contributed by atoms with Crippen molar-refractivity contribution in [2.45, 2.75) is 19.6 Å². The molecule has 0 spiro atoms. The largest absolute Gasteiger partial charge is 0.385 e. The topological polar surface area (TPSA) is 67.2 Å². The fraction of sp³-hybridized carbons (Fsp3) is 0.400. The second-order valence-electron chi connectivity index (χ2n) is 3.24. The van der Waals surface area contributed by atoms with E-state index < -0.39 is 6.10 Å². The van der Waals surface area contributed by atoms with E-state index in [-0.39, 0.29) is 12.3 Å². The van der Waals surface area contributed by atoms with Crippen molar-refractivity contribution in [2.24, 2.45) is 5.73 Å². The van der Waals surface area contributed by atoms with E-state index in [4.69, 9.17) is 5.73 Å². The number of aromatic nitrogens is 1. The highest BCUT2D eigenvalue weighted by molar-refractivity contribution is 5.93. The molecular formula is C10H15N2O2+. The molecule has 14 heavy (non-hydrogen) atoms. The Bertz CT molecular complexity index is 326. The van der Waals surface area contributed by atoms with Gasteiger partial charge in [-0.15, -0.1) is 0 Å². The van der Waals surface area contributed by atoms with Crippen LogP contribution in [0.3, 0.4) is 0 Å². The SMILES string of the molecule is CC(=O)c1ccc[n+](C[C@H](O)CN)c1. The quantitative estimate of drug-likeness (QED) is 0.502. The number of aliphatic hydroxyl groups is 1. The van der Waals surface area contributed by atoms with Gasteiger partial charge in [0, 0.05) is 12.6 Å². The first kappa shape index (κ1) is 10.8. The minimum atomic E-state index is -0.567. The summed E-state index contributed by atoms with van der Waals surface area (Å²) in [5.74, 6) is 0.0154. The molecule has 1 heterocycles. The van der Waals surface area contributed by atoms with E-state index in [9.17, 15) is 9.90 Å². The number of carbonyl (C=O) groups is 1. The van der Waals surface area contributed by atoms with Crippen LogP contribution in [0.1, 0.15) is 17.3 Å². The Hall–Kier alpha value is -1.26. The zero-order valence-corrected chi connectivity index (χ0v) is 8.18. The van der Waals surface area contributed by atoms with Crippen LogP contribution in [-0.2, 0) is 6.54 Å². The van der Waals surface area contributed by atoms with Crippen molar-refractivity contribution < 1.29 is 14.5 Å². The second kappa shape index (κ2) is 4.83. The highest BCUT2D eigenvalue weighted by Crippen LogP contribution is 1.95. The molecule has 3 N–H and O–H groups in total. The molecule has 0 unspecified atom stereocenters. The number of pyridine rings is 1. The average Bonchev–Trinajstić information content (AvgIpc) is 2.18. The molecule has 0 amide bonds. The maximum absolute atomic E-state index is 11.1. The van der Waals surface area contributed by atoms with Gasteiger partial charge in [0.15, 0.2) is 24.7 Å². The van der Waals surface area contributed by atoms with Crippen molar-refractivity contribution in [3.8, 4) is 0 Å². The summed E-state index contributed by atoms with van der Waals surface area (Å²) >= 11 is 0. The molecular weight excluding hydrogens is 180 g/mol. The first-order chi connectivity index (χ1) is 6.63. The van der Waals surface area contributed by atoms with E-state index >= 15 is 0 Å². The van der Waals surface area contributed by atoms with Crippen LogP contribution in [0, 0.1) is 0 Å². The Labute approximate surface area is 83.0 Å². The Morgan fingerprint density at radius 2 is 2.43 bits per heavy atom. The lowest BCUT2D eigenvalue weighted by Gasteiger charge is -2.03. The van der Waals surface area contributed by atoms with E-state index in [2.05, 4.69) is 0 Å². The number of aliphatic hydroxyl groups excluding tert-OH is 1. The number of hydrogen-bond donors (Lipinski definition) is 2. The van der Waals surface area contributed by atoms with Crippen molar-refractivity contribution in [3.63, 3.8) is 0 Å². The highest BCUT2D eigenvalue weighted by Gasteiger charge is 2.10. The molecule has 0 radical (unpaired) electrons. The van der Waals surface area contributed by atoms with Gasteiger partial charge in [-0.1, -0.05) is 0 Å². The van der Waals surface area contributed by atoms with Gasteiger partial charge in [-0.2, -0.15) is 0 Å². The second-order valence-corrected chi connectivity index (χ2v) is 3.24. The van der Waals surface area contributed by atoms with Crippen LogP contribution in [0.15, 0.2) is 24.5 Å². The van der Waals surface area contributed by atoms with Crippen LogP contribution in [0.2, 0.25) is 0 Å². The van der Waals surface area contributed by atoms with Gasteiger partial charge in [-0.05, 0) is 13.0 Å². The number of ketones is 1. The lowest BCUT2D eigenvalue weighted by Crippen LogP contribution is -2.42. The molecule has 1 atom stereocenters. The molecule has 0 aromatic carbocycles. The summed E-state index contributed by atoms with van der Waals surface area (Å²) in [6, 6.07) is 3.52. The standard InChI is InChI=1S/C10H15N2O2/c1-8(13)9-3-2-4-12(6-9)7-10(14)5-11/h2-4,6,10,14H,5,7,11H2,1H3/q+1/t10-/m1/s1. The van der Waals surface area contributed by atoms with Crippen LogP contribution in [0.25, 0.3) is 0 Å². The van der Waals surface area contributed by atoms with Gasteiger partial charge < -0.3 is 10.8 Å². The summed E-state index contributed by atoms with van der Waals surface area (Å²) in [4.78, 5) is 11.1. The summed E-state index contributed by atoms with van der Waals surface area (Å²) in [5.41, 5.74) is 5.92. The third kappa shape index (κ3) is 2.90. The number of nitrogens with two attached hydrogens (primary N) is 1. The molecule has 0 bridgehead atoms. The van der Waals surface area contributed by atoms with Gasteiger partial charge >= 0.3 is 0 Å². The third-order valence-electron chi connectivity index (χ3n) is 1.96. The summed E-state index contributed by atoms with van der Waals surface area (Å²) < 4.78 is 1.76. The van der Waals surface area contributed by atoms with E-state index in [1.165, 1.54) is 6.92 Å². The maximum atomic E-state index is 11.1. The van der Waals surface area contributed by atoms with Crippen molar-refractivity contribution in [1.82, 2.24) is 0 Å². The van der Waals surface area contributed by atoms with Gasteiger partial charge in [0.05, 0.1) is 5.56 Å². The summed E-state index contributed by atoms with van der Waals surface area (Å²) in [6.07, 6.45) is 2.94. The van der Waals surface area contributed by atoms with Crippen LogP contribution in [0.4, 0.5) is 0 Å². The summed E-state index contributed by atoms with van der Waals surface area (Å²) in [6.45, 7) is 2.15. The molecule has 1 aromatic heterocycles. The first-order valence-electron chi connectivity index (χ1n) is 4.51. The monoisotopic (exact) mass is 195 g/mol. The van der Waals surface area contributed by atoms with Gasteiger partial charge in [-0.3, -0.25) is 4.79 Å². The van der Waals surface area contributed by atoms with Crippen molar-refractivity contribution in [3.05, 3.63) is 30.1 Å². The van der Waals surface area contributed by atoms with E-state index in [1.807, 2.05) is 0 Å². The van der Waals surface area contributed by atoms with E-state index in [0.29, 0.717) is 12.1 Å². The fourth-order valence-corrected chi connectivity index (χ4v) is 1.16. The molecule has 76 valence electrons. The van der Waals surface area contributed by atoms with Crippen LogP contribution < -0.4 is 10.3 Å². The van der Waals surface area contributed by atoms with Crippen LogP contribution >= 0.6 is 0 Å². The minimum Gasteiger partial charge on any atom is -0.385 e. The summed E-state index contributed by atoms with van der Waals surface area (Å²) in [7, 11) is 0. The molecule has 0 fully saturated rings. The zero-order chi connectivity index (χ0) is 10.6. The number of rotatable bonds is 4. The average molecular weight is 195 g/mol. The third-order valence-corrected chi connectivity index (χ3v) is 1.96. The molecule has 0 aliphatic carbocycles. The van der Waals surface area contributed by atoms with Gasteiger partial charge in [0.25, 0.3) is 0 Å². The number of Topliss-reactive ketones (excluding diaryl/α,β-unsaturated/α-hetero) is 1. The number of carbonyl (C=O) groups excluding carboxylic acids is 1. The Morgan fingerprint density at radius 1 is 1.71 bits per heavy atom. The Kier molecular flexibility index (Phi) is 3.73. The van der Waals surface area contributed by atoms with Gasteiger partial charge in [-0.25, -0.2) is 4.57 Å². The first-order valence-corrected chi connectivity index (χ1v) is 4.51. The van der Waals surface area contributed by atoms with Gasteiger partial charge in [0.1, 0.15) is 6.10 Å². The minimum absolute atomic E-state index is 0.0154. The van der Waals surface area contributed by atoms with Crippen LogP contribution in [-0.4, -0.2) is 23.5 Å². The van der Waals surface area contributed by atoms with E-state index in [0.717, 1.165) is 0 Å². The van der Waals surface area contributed by atoms with Crippen molar-refractivity contribution >= 4 is 5.78 Å². The maximum Gasteiger partial charge on any atom is 0.179 e. The van der Waals surface area contributed by atoms with Crippen LogP contribution in [0.5, 0.6) is 0 Å². The molecule has 4 heteroatoms. The molecule has 1 rings (SSSR count). The Balaban J connectivity index is 2.78. The summed E-state index contributed by atoms with van der Waals surface area (Å²) in [5, 5.41) is 9.31. The van der Waals surface area contributed by atoms with E-state index in [1.54, 1.807) is 29.1 Å². The number of nitrogens with zero attached hydrogens (tertiary/aromatic N) is 1. The lowest BCUT2D eigenvalue weighted by molar-refractivity contribution is -0.703. The van der Waals surface area contributed by atoms with Gasteiger partial charge in [0.2, 0.25) is 0 Å². The molecule has 0 saturated heterocycles. The smallest absolute Gasteiger partial charge is 0.179 e. The Morgan fingerprint density at radius 3 is 3.00 bits per heavy atom. The molecule has 0 aliphatic rings. The fourth-order valence-electron chi connectivity index (χ4n) is 1.16.